The van der Waals surface area contributed by atoms with Crippen LogP contribution in [0.2, 0.25) is 0 Å². The quantitative estimate of drug-likeness (QED) is 0.552. The average molecular weight is 134 g/mol. The minimum absolute atomic E-state index is 0.433. The fourth-order valence-corrected chi connectivity index (χ4v) is 0.877. The van der Waals surface area contributed by atoms with E-state index in [0.29, 0.717) is 5.95 Å². The molecule has 0 amide bonds. The molecule has 0 atom stereocenters. The first kappa shape index (κ1) is 5.22. The molecular formula is C6H6N4. The number of imidazole rings is 1. The first-order chi connectivity index (χ1) is 4.86. The standard InChI is InChI=1S/C6H6N4/c7-6-9-4-1-2-8-3-5(4)10-6/h1-3H,(H3,7,9,10). The second-order valence-electron chi connectivity index (χ2n) is 2.01. The minimum atomic E-state index is 0.433. The van der Waals surface area contributed by atoms with Gasteiger partial charge < -0.3 is 10.7 Å². The van der Waals surface area contributed by atoms with Gasteiger partial charge in [0.2, 0.25) is 0 Å². The van der Waals surface area contributed by atoms with Crippen molar-refractivity contribution < 1.29 is 0 Å². The number of anilines is 1. The van der Waals surface area contributed by atoms with Crippen LogP contribution in [0.4, 0.5) is 5.95 Å². The van der Waals surface area contributed by atoms with Crippen molar-refractivity contribution in [3.05, 3.63) is 18.5 Å². The molecule has 0 radical (unpaired) electrons. The van der Waals surface area contributed by atoms with Gasteiger partial charge in [-0.3, -0.25) is 4.98 Å². The molecule has 0 aromatic carbocycles. The van der Waals surface area contributed by atoms with Gasteiger partial charge in [-0.25, -0.2) is 4.98 Å². The van der Waals surface area contributed by atoms with Gasteiger partial charge in [-0.1, -0.05) is 0 Å². The summed E-state index contributed by atoms with van der Waals surface area (Å²) in [5.74, 6) is 0.433. The number of nitrogens with two attached hydrogens (primary N) is 1. The van der Waals surface area contributed by atoms with Gasteiger partial charge in [-0.05, 0) is 6.07 Å². The van der Waals surface area contributed by atoms with Gasteiger partial charge in [0.05, 0.1) is 11.7 Å². The molecule has 0 fully saturated rings. The molecule has 0 spiro atoms. The van der Waals surface area contributed by atoms with E-state index in [4.69, 9.17) is 5.73 Å². The number of rotatable bonds is 0. The third kappa shape index (κ3) is 0.621. The van der Waals surface area contributed by atoms with Crippen molar-refractivity contribution in [3.63, 3.8) is 0 Å². The topological polar surface area (TPSA) is 67.6 Å². The molecule has 2 heterocycles. The van der Waals surface area contributed by atoms with Gasteiger partial charge in [-0.15, -0.1) is 0 Å². The molecule has 10 heavy (non-hydrogen) atoms. The van der Waals surface area contributed by atoms with Crippen molar-refractivity contribution in [2.75, 3.05) is 5.73 Å². The fourth-order valence-electron chi connectivity index (χ4n) is 0.877. The zero-order valence-corrected chi connectivity index (χ0v) is 5.20. The van der Waals surface area contributed by atoms with E-state index in [1.165, 1.54) is 0 Å². The second-order valence-corrected chi connectivity index (χ2v) is 2.01. The number of hydrogen-bond acceptors (Lipinski definition) is 3. The molecule has 0 aliphatic carbocycles. The van der Waals surface area contributed by atoms with Crippen molar-refractivity contribution in [2.45, 2.75) is 0 Å². The van der Waals surface area contributed by atoms with E-state index < -0.39 is 0 Å². The lowest BCUT2D eigenvalue weighted by molar-refractivity contribution is 1.34. The van der Waals surface area contributed by atoms with Crippen LogP contribution in [0.5, 0.6) is 0 Å². The van der Waals surface area contributed by atoms with E-state index in [9.17, 15) is 0 Å². The van der Waals surface area contributed by atoms with Crippen LogP contribution in [0.3, 0.4) is 0 Å². The smallest absolute Gasteiger partial charge is 0.198 e. The van der Waals surface area contributed by atoms with Gasteiger partial charge in [0.1, 0.15) is 5.52 Å². The average Bonchev–Trinajstić information content (AvgIpc) is 2.27. The first-order valence-corrected chi connectivity index (χ1v) is 2.91. The summed E-state index contributed by atoms with van der Waals surface area (Å²) in [6.07, 6.45) is 3.36. The van der Waals surface area contributed by atoms with E-state index in [0.717, 1.165) is 11.0 Å². The van der Waals surface area contributed by atoms with Crippen molar-refractivity contribution in [1.82, 2.24) is 15.0 Å². The zero-order chi connectivity index (χ0) is 6.97. The maximum Gasteiger partial charge on any atom is 0.198 e. The number of fused-ring (bicyclic) bond motifs is 1. The monoisotopic (exact) mass is 134 g/mol. The highest BCUT2D eigenvalue weighted by molar-refractivity contribution is 5.75. The molecule has 0 bridgehead atoms. The molecule has 0 aliphatic rings. The number of aromatic amines is 1. The molecule has 4 nitrogen and oxygen atoms in total. The second kappa shape index (κ2) is 1.70. The highest BCUT2D eigenvalue weighted by Gasteiger charge is 1.95. The van der Waals surface area contributed by atoms with Gasteiger partial charge in [-0.2, -0.15) is 0 Å². The van der Waals surface area contributed by atoms with Gasteiger partial charge in [0.25, 0.3) is 0 Å². The third-order valence-corrected chi connectivity index (χ3v) is 1.30. The maximum atomic E-state index is 5.40. The summed E-state index contributed by atoms with van der Waals surface area (Å²) in [6, 6.07) is 1.83. The van der Waals surface area contributed by atoms with Crippen LogP contribution < -0.4 is 5.73 Å². The van der Waals surface area contributed by atoms with Gasteiger partial charge in [0, 0.05) is 6.20 Å². The molecular weight excluding hydrogens is 128 g/mol. The Morgan fingerprint density at radius 3 is 3.20 bits per heavy atom. The van der Waals surface area contributed by atoms with Crippen LogP contribution in [-0.4, -0.2) is 15.0 Å². The lowest BCUT2D eigenvalue weighted by Gasteiger charge is -1.80. The lowest BCUT2D eigenvalue weighted by atomic mass is 10.4. The van der Waals surface area contributed by atoms with E-state index >= 15 is 0 Å². The van der Waals surface area contributed by atoms with E-state index in [2.05, 4.69) is 15.0 Å². The molecule has 50 valence electrons. The van der Waals surface area contributed by atoms with E-state index in [-0.39, 0.29) is 0 Å². The molecule has 0 unspecified atom stereocenters. The third-order valence-electron chi connectivity index (χ3n) is 1.30. The number of aromatic nitrogens is 3. The van der Waals surface area contributed by atoms with Crippen molar-refractivity contribution in [1.29, 1.82) is 0 Å². The Balaban J connectivity index is 2.88. The number of hydrogen-bond donors (Lipinski definition) is 2. The number of nitrogen functional groups attached to an aromatic ring is 1. The highest BCUT2D eigenvalue weighted by Crippen LogP contribution is 2.08. The Hall–Kier alpha value is -1.58. The van der Waals surface area contributed by atoms with Crippen LogP contribution in [0.25, 0.3) is 11.0 Å². The van der Waals surface area contributed by atoms with E-state index in [1.54, 1.807) is 12.4 Å². The summed E-state index contributed by atoms with van der Waals surface area (Å²) in [5, 5.41) is 0. The highest BCUT2D eigenvalue weighted by atomic mass is 15.0. The van der Waals surface area contributed by atoms with Gasteiger partial charge >= 0.3 is 0 Å². The largest absolute Gasteiger partial charge is 0.369 e. The normalized spacial score (nSPS) is 10.4. The predicted molar refractivity (Wildman–Crippen MR) is 38.3 cm³/mol. The Kier molecular flexibility index (Phi) is 0.887. The molecule has 0 aliphatic heterocycles. The summed E-state index contributed by atoms with van der Waals surface area (Å²) in [5.41, 5.74) is 7.13. The maximum absolute atomic E-state index is 5.40. The summed E-state index contributed by atoms with van der Waals surface area (Å²) in [6.45, 7) is 0. The zero-order valence-electron chi connectivity index (χ0n) is 5.20. The summed E-state index contributed by atoms with van der Waals surface area (Å²) >= 11 is 0. The van der Waals surface area contributed by atoms with Gasteiger partial charge in [0.15, 0.2) is 5.95 Å². The minimum Gasteiger partial charge on any atom is -0.369 e. The Labute approximate surface area is 57.1 Å². The number of nitrogens with one attached hydrogen (secondary N) is 1. The fraction of sp³-hybridized carbons (Fsp3) is 0. The van der Waals surface area contributed by atoms with E-state index in [1.807, 2.05) is 6.07 Å². The van der Waals surface area contributed by atoms with Crippen LogP contribution in [0.15, 0.2) is 18.5 Å². The van der Waals surface area contributed by atoms with Crippen molar-refractivity contribution >= 4 is 17.0 Å². The molecule has 4 heteroatoms. The van der Waals surface area contributed by atoms with Crippen LogP contribution in [0.1, 0.15) is 0 Å². The number of pyridine rings is 1. The Morgan fingerprint density at radius 2 is 2.40 bits per heavy atom. The Morgan fingerprint density at radius 1 is 1.50 bits per heavy atom. The lowest BCUT2D eigenvalue weighted by Crippen LogP contribution is -1.84. The van der Waals surface area contributed by atoms with Crippen molar-refractivity contribution in [2.24, 2.45) is 0 Å². The summed E-state index contributed by atoms with van der Waals surface area (Å²) in [7, 11) is 0. The molecule has 3 N–H and O–H groups in total. The van der Waals surface area contributed by atoms with Crippen molar-refractivity contribution in [3.8, 4) is 0 Å². The molecule has 2 aromatic heterocycles. The summed E-state index contributed by atoms with van der Waals surface area (Å²) in [4.78, 5) is 10.7. The molecule has 2 rings (SSSR count). The SMILES string of the molecule is Nc1nc2cnccc2[nH]1. The Bertz CT molecular complexity index is 318. The predicted octanol–water partition coefficient (Wildman–Crippen LogP) is 0.540. The van der Waals surface area contributed by atoms with Crippen LogP contribution in [0, 0.1) is 0 Å². The first-order valence-electron chi connectivity index (χ1n) is 2.91. The molecule has 0 saturated heterocycles. The van der Waals surface area contributed by atoms with Crippen LogP contribution in [-0.2, 0) is 0 Å². The molecule has 0 saturated carbocycles. The molecule has 2 aromatic rings. The summed E-state index contributed by atoms with van der Waals surface area (Å²) < 4.78 is 0. The number of H-pyrrole nitrogens is 1. The number of nitrogens with zero attached hydrogens (tertiary/aromatic N) is 2. The van der Waals surface area contributed by atoms with Crippen LogP contribution >= 0.6 is 0 Å².